The summed E-state index contributed by atoms with van der Waals surface area (Å²) >= 11 is 0. The fraction of sp³-hybridized carbons (Fsp3) is 0.300. The predicted octanol–water partition coefficient (Wildman–Crippen LogP) is 2.16. The highest BCUT2D eigenvalue weighted by Crippen LogP contribution is 2.16. The average molecular weight is 411 g/mol. The zero-order valence-electron chi connectivity index (χ0n) is 16.5. The Hall–Kier alpha value is -3.53. The van der Waals surface area contributed by atoms with Gasteiger partial charge in [0.1, 0.15) is 11.6 Å². The average Bonchev–Trinajstić information content (AvgIpc) is 3.23. The molecule has 10 heteroatoms. The minimum Gasteiger partial charge on any atom is -0.497 e. The van der Waals surface area contributed by atoms with Gasteiger partial charge in [0.25, 0.3) is 0 Å². The number of amides is 2. The van der Waals surface area contributed by atoms with Crippen molar-refractivity contribution >= 4 is 11.7 Å². The van der Waals surface area contributed by atoms with Gasteiger partial charge in [-0.2, -0.15) is 4.68 Å². The summed E-state index contributed by atoms with van der Waals surface area (Å²) < 4.78 is 20.2. The standard InChI is InChI=1S/C20H22FN7O2/c1-30-18-7-5-16(6-8-18)22-20(29)27-11-9-26(10-12-27)14-19-23-24-25-28(19)17-4-2-3-15(21)13-17/h2-8,13H,9-12,14H2,1H3,(H,22,29). The summed E-state index contributed by atoms with van der Waals surface area (Å²) in [6.07, 6.45) is 0. The van der Waals surface area contributed by atoms with Crippen molar-refractivity contribution in [3.8, 4) is 11.4 Å². The molecule has 0 bridgehead atoms. The fourth-order valence-electron chi connectivity index (χ4n) is 3.30. The molecule has 4 rings (SSSR count). The minimum absolute atomic E-state index is 0.135. The van der Waals surface area contributed by atoms with E-state index in [-0.39, 0.29) is 11.8 Å². The van der Waals surface area contributed by atoms with Crippen LogP contribution in [-0.2, 0) is 6.54 Å². The van der Waals surface area contributed by atoms with Gasteiger partial charge < -0.3 is 15.0 Å². The summed E-state index contributed by atoms with van der Waals surface area (Å²) in [7, 11) is 1.60. The summed E-state index contributed by atoms with van der Waals surface area (Å²) in [6.45, 7) is 3.06. The summed E-state index contributed by atoms with van der Waals surface area (Å²) in [6, 6.07) is 13.2. The maximum absolute atomic E-state index is 13.5. The zero-order valence-corrected chi connectivity index (χ0v) is 16.5. The molecular weight excluding hydrogens is 389 g/mol. The number of ether oxygens (including phenoxy) is 1. The molecule has 1 saturated heterocycles. The van der Waals surface area contributed by atoms with Crippen LogP contribution in [0.25, 0.3) is 5.69 Å². The van der Waals surface area contributed by atoms with Gasteiger partial charge >= 0.3 is 6.03 Å². The van der Waals surface area contributed by atoms with E-state index in [4.69, 9.17) is 4.74 Å². The highest BCUT2D eigenvalue weighted by molar-refractivity contribution is 5.89. The van der Waals surface area contributed by atoms with Crippen LogP contribution in [0.2, 0.25) is 0 Å². The molecule has 2 aromatic carbocycles. The lowest BCUT2D eigenvalue weighted by molar-refractivity contribution is 0.140. The number of rotatable bonds is 5. The van der Waals surface area contributed by atoms with Gasteiger partial charge in [0, 0.05) is 31.9 Å². The first-order chi connectivity index (χ1) is 14.6. The third kappa shape index (κ3) is 4.54. The number of urea groups is 1. The molecule has 2 heterocycles. The summed E-state index contributed by atoms with van der Waals surface area (Å²) in [5.74, 6) is 1.02. The Morgan fingerprint density at radius 2 is 1.90 bits per heavy atom. The monoisotopic (exact) mass is 411 g/mol. The Bertz CT molecular complexity index is 1000. The lowest BCUT2D eigenvalue weighted by Crippen LogP contribution is -2.49. The van der Waals surface area contributed by atoms with Gasteiger partial charge in [0.15, 0.2) is 5.82 Å². The molecular formula is C20H22FN7O2. The lowest BCUT2D eigenvalue weighted by atomic mass is 10.3. The molecule has 1 aliphatic rings. The minimum atomic E-state index is -0.342. The van der Waals surface area contributed by atoms with E-state index in [9.17, 15) is 9.18 Å². The molecule has 1 fully saturated rings. The van der Waals surface area contributed by atoms with Crippen molar-refractivity contribution < 1.29 is 13.9 Å². The van der Waals surface area contributed by atoms with E-state index < -0.39 is 0 Å². The van der Waals surface area contributed by atoms with Gasteiger partial charge in [0.2, 0.25) is 0 Å². The number of halogens is 1. The predicted molar refractivity (Wildman–Crippen MR) is 108 cm³/mol. The normalized spacial score (nSPS) is 14.5. The molecule has 2 amide bonds. The van der Waals surface area contributed by atoms with Crippen LogP contribution in [-0.4, -0.2) is 69.3 Å². The molecule has 0 aliphatic carbocycles. The van der Waals surface area contributed by atoms with Crippen molar-refractivity contribution in [3.05, 3.63) is 60.2 Å². The summed E-state index contributed by atoms with van der Waals surface area (Å²) in [5, 5.41) is 14.7. The van der Waals surface area contributed by atoms with Crippen LogP contribution < -0.4 is 10.1 Å². The van der Waals surface area contributed by atoms with Crippen molar-refractivity contribution in [2.75, 3.05) is 38.6 Å². The molecule has 0 saturated carbocycles. The van der Waals surface area contributed by atoms with Gasteiger partial charge in [-0.1, -0.05) is 6.07 Å². The molecule has 3 aromatic rings. The Morgan fingerprint density at radius 1 is 1.13 bits per heavy atom. The van der Waals surface area contributed by atoms with Crippen LogP contribution >= 0.6 is 0 Å². The van der Waals surface area contributed by atoms with Crippen LogP contribution in [0.4, 0.5) is 14.9 Å². The SMILES string of the molecule is COc1ccc(NC(=O)N2CCN(Cc3nnnn3-c3cccc(F)c3)CC2)cc1. The number of piperazine rings is 1. The number of benzene rings is 2. The van der Waals surface area contributed by atoms with Crippen molar-refractivity contribution in [2.24, 2.45) is 0 Å². The quantitative estimate of drug-likeness (QED) is 0.692. The third-order valence-electron chi connectivity index (χ3n) is 4.95. The first-order valence-electron chi connectivity index (χ1n) is 9.58. The van der Waals surface area contributed by atoms with Gasteiger partial charge in [-0.15, -0.1) is 5.10 Å². The van der Waals surface area contributed by atoms with E-state index in [0.29, 0.717) is 44.2 Å². The summed E-state index contributed by atoms with van der Waals surface area (Å²) in [4.78, 5) is 16.4. The Morgan fingerprint density at radius 3 is 2.60 bits per heavy atom. The van der Waals surface area contributed by atoms with E-state index in [2.05, 4.69) is 25.7 Å². The van der Waals surface area contributed by atoms with Gasteiger partial charge in [-0.25, -0.2) is 9.18 Å². The molecule has 1 aromatic heterocycles. The van der Waals surface area contributed by atoms with E-state index in [0.717, 1.165) is 11.4 Å². The molecule has 0 spiro atoms. The number of aromatic nitrogens is 4. The van der Waals surface area contributed by atoms with Crippen LogP contribution in [0.1, 0.15) is 5.82 Å². The first-order valence-corrected chi connectivity index (χ1v) is 9.58. The number of nitrogens with one attached hydrogen (secondary N) is 1. The van der Waals surface area contributed by atoms with Crippen molar-refractivity contribution in [2.45, 2.75) is 6.54 Å². The molecule has 1 aliphatic heterocycles. The Labute approximate surface area is 173 Å². The van der Waals surface area contributed by atoms with E-state index in [1.165, 1.54) is 16.8 Å². The number of carbonyl (C=O) groups excluding carboxylic acids is 1. The molecule has 9 nitrogen and oxygen atoms in total. The second-order valence-corrected chi connectivity index (χ2v) is 6.91. The van der Waals surface area contributed by atoms with Crippen LogP contribution in [0.3, 0.4) is 0 Å². The summed E-state index contributed by atoms with van der Waals surface area (Å²) in [5.41, 5.74) is 1.30. The topological polar surface area (TPSA) is 88.4 Å². The van der Waals surface area contributed by atoms with E-state index in [1.807, 2.05) is 0 Å². The van der Waals surface area contributed by atoms with Crippen molar-refractivity contribution in [3.63, 3.8) is 0 Å². The highest BCUT2D eigenvalue weighted by Gasteiger charge is 2.23. The van der Waals surface area contributed by atoms with Crippen LogP contribution in [0, 0.1) is 5.82 Å². The Balaban J connectivity index is 1.32. The number of nitrogens with zero attached hydrogens (tertiary/aromatic N) is 6. The zero-order chi connectivity index (χ0) is 20.9. The van der Waals surface area contributed by atoms with Crippen LogP contribution in [0.5, 0.6) is 5.75 Å². The van der Waals surface area contributed by atoms with E-state index in [1.54, 1.807) is 48.4 Å². The maximum Gasteiger partial charge on any atom is 0.321 e. The molecule has 1 N–H and O–H groups in total. The second-order valence-electron chi connectivity index (χ2n) is 6.91. The maximum atomic E-state index is 13.5. The lowest BCUT2D eigenvalue weighted by Gasteiger charge is -2.34. The van der Waals surface area contributed by atoms with Gasteiger partial charge in [-0.3, -0.25) is 4.90 Å². The molecule has 30 heavy (non-hydrogen) atoms. The van der Waals surface area contributed by atoms with Crippen molar-refractivity contribution in [1.82, 2.24) is 30.0 Å². The largest absolute Gasteiger partial charge is 0.497 e. The highest BCUT2D eigenvalue weighted by atomic mass is 19.1. The number of methoxy groups -OCH3 is 1. The Kier molecular flexibility index (Phi) is 5.84. The molecule has 156 valence electrons. The number of hydrogen-bond acceptors (Lipinski definition) is 6. The van der Waals surface area contributed by atoms with Gasteiger partial charge in [0.05, 0.1) is 19.3 Å². The number of carbonyl (C=O) groups is 1. The van der Waals surface area contributed by atoms with Crippen LogP contribution in [0.15, 0.2) is 48.5 Å². The van der Waals surface area contributed by atoms with E-state index >= 15 is 0 Å². The molecule has 0 unspecified atom stereocenters. The van der Waals surface area contributed by atoms with Crippen molar-refractivity contribution in [1.29, 1.82) is 0 Å². The fourth-order valence-corrected chi connectivity index (χ4v) is 3.30. The number of tetrazole rings is 1. The first kappa shape index (κ1) is 19.8. The number of anilines is 1. The second kappa shape index (κ2) is 8.87. The number of hydrogen-bond donors (Lipinski definition) is 1. The smallest absolute Gasteiger partial charge is 0.321 e. The third-order valence-corrected chi connectivity index (χ3v) is 4.95. The van der Waals surface area contributed by atoms with Gasteiger partial charge in [-0.05, 0) is 52.9 Å². The molecule has 0 radical (unpaired) electrons. The molecule has 0 atom stereocenters.